The molecular weight excluding hydrogens is 754 g/mol. The predicted octanol–water partition coefficient (Wildman–Crippen LogP) is 5.76. The number of piperidine rings is 3. The molecule has 5 amide bonds. The van der Waals surface area contributed by atoms with Crippen molar-refractivity contribution in [3.05, 3.63) is 93.0 Å². The largest absolute Gasteiger partial charge is 0.371 e. The van der Waals surface area contributed by atoms with Crippen LogP contribution in [0.15, 0.2) is 54.6 Å². The number of benzene rings is 3. The van der Waals surface area contributed by atoms with Crippen LogP contribution in [0.4, 0.5) is 11.4 Å². The molecule has 1 spiro atoms. The van der Waals surface area contributed by atoms with Gasteiger partial charge in [-0.3, -0.25) is 39.1 Å². The second kappa shape index (κ2) is 15.2. The highest BCUT2D eigenvalue weighted by Crippen LogP contribution is 2.47. The van der Waals surface area contributed by atoms with Crippen molar-refractivity contribution in [1.82, 2.24) is 20.0 Å². The number of rotatable bonds is 7. The SMILES string of the molecule is CCC1CC2(CCN(c3ccc(C(=O)N4CCC(CN5Cc6cc7c(cc6C5)C(=O)N(C5CCC(=O)NC5=O)C7=O)CC4)cc3)CC2)CN1c1ccc(C#N)c(Cl)c1. The number of halogens is 1. The summed E-state index contributed by atoms with van der Waals surface area (Å²) in [6.07, 6.45) is 6.50. The van der Waals surface area contributed by atoms with Crippen molar-refractivity contribution in [2.75, 3.05) is 49.1 Å². The summed E-state index contributed by atoms with van der Waals surface area (Å²) in [7, 11) is 0. The minimum Gasteiger partial charge on any atom is -0.371 e. The summed E-state index contributed by atoms with van der Waals surface area (Å²) < 4.78 is 0. The van der Waals surface area contributed by atoms with E-state index in [4.69, 9.17) is 11.6 Å². The Morgan fingerprint density at radius 2 is 1.53 bits per heavy atom. The Morgan fingerprint density at radius 3 is 2.14 bits per heavy atom. The van der Waals surface area contributed by atoms with Crippen molar-refractivity contribution in [2.24, 2.45) is 11.3 Å². The first-order chi connectivity index (χ1) is 28.0. The average Bonchev–Trinajstić information content (AvgIpc) is 3.88. The zero-order valence-corrected chi connectivity index (χ0v) is 33.6. The number of imide groups is 2. The molecular formula is C45H48ClN7O5. The molecule has 12 nitrogen and oxygen atoms in total. The molecule has 9 rings (SSSR count). The number of carbonyl (C=O) groups excluding carboxylic acids is 5. The average molecular weight is 802 g/mol. The fourth-order valence-corrected chi connectivity index (χ4v) is 10.7. The highest BCUT2D eigenvalue weighted by atomic mass is 35.5. The van der Waals surface area contributed by atoms with E-state index in [0.29, 0.717) is 59.9 Å². The van der Waals surface area contributed by atoms with Gasteiger partial charge in [0.1, 0.15) is 12.1 Å². The van der Waals surface area contributed by atoms with Gasteiger partial charge in [-0.2, -0.15) is 5.26 Å². The lowest BCUT2D eigenvalue weighted by Crippen LogP contribution is -2.54. The van der Waals surface area contributed by atoms with Crippen LogP contribution in [0.2, 0.25) is 5.02 Å². The number of amides is 5. The molecule has 300 valence electrons. The molecule has 0 aromatic heterocycles. The van der Waals surface area contributed by atoms with E-state index in [1.54, 1.807) is 0 Å². The Balaban J connectivity index is 0.748. The lowest BCUT2D eigenvalue weighted by molar-refractivity contribution is -0.136. The molecule has 4 fully saturated rings. The molecule has 0 radical (unpaired) electrons. The van der Waals surface area contributed by atoms with Gasteiger partial charge in [0, 0.05) is 81.8 Å². The first-order valence-electron chi connectivity index (χ1n) is 20.7. The summed E-state index contributed by atoms with van der Waals surface area (Å²) in [5, 5.41) is 12.1. The van der Waals surface area contributed by atoms with E-state index in [2.05, 4.69) is 45.1 Å². The minimum absolute atomic E-state index is 0.0749. The van der Waals surface area contributed by atoms with E-state index in [1.807, 2.05) is 47.4 Å². The third kappa shape index (κ3) is 6.92. The van der Waals surface area contributed by atoms with Gasteiger partial charge < -0.3 is 14.7 Å². The highest BCUT2D eigenvalue weighted by molar-refractivity contribution is 6.32. The Bertz CT molecular complexity index is 2190. The van der Waals surface area contributed by atoms with Gasteiger partial charge in [-0.05, 0) is 122 Å². The van der Waals surface area contributed by atoms with Crippen molar-refractivity contribution < 1.29 is 24.0 Å². The second-order valence-electron chi connectivity index (χ2n) is 17.2. The van der Waals surface area contributed by atoms with Crippen LogP contribution in [0.1, 0.15) is 106 Å². The molecule has 0 saturated carbocycles. The molecule has 6 heterocycles. The van der Waals surface area contributed by atoms with E-state index in [0.717, 1.165) is 97.7 Å². The number of nitriles is 1. The van der Waals surface area contributed by atoms with Gasteiger partial charge >= 0.3 is 0 Å². The van der Waals surface area contributed by atoms with Crippen LogP contribution < -0.4 is 15.1 Å². The first kappa shape index (κ1) is 38.3. The lowest BCUT2D eigenvalue weighted by Gasteiger charge is -2.40. The van der Waals surface area contributed by atoms with Gasteiger partial charge in [-0.15, -0.1) is 0 Å². The van der Waals surface area contributed by atoms with E-state index in [1.165, 1.54) is 0 Å². The monoisotopic (exact) mass is 801 g/mol. The number of fused-ring (bicyclic) bond motifs is 2. The van der Waals surface area contributed by atoms with Crippen LogP contribution in [-0.4, -0.2) is 95.6 Å². The molecule has 2 unspecified atom stereocenters. The van der Waals surface area contributed by atoms with E-state index >= 15 is 0 Å². The van der Waals surface area contributed by atoms with Crippen molar-refractivity contribution in [2.45, 2.75) is 83.5 Å². The number of anilines is 2. The first-order valence-corrected chi connectivity index (χ1v) is 21.1. The van der Waals surface area contributed by atoms with E-state index in [-0.39, 0.29) is 24.2 Å². The van der Waals surface area contributed by atoms with Crippen LogP contribution >= 0.6 is 11.6 Å². The molecule has 3 aromatic rings. The molecule has 0 aliphatic carbocycles. The Morgan fingerprint density at radius 1 is 0.879 bits per heavy atom. The van der Waals surface area contributed by atoms with Crippen molar-refractivity contribution in [3.63, 3.8) is 0 Å². The fourth-order valence-electron chi connectivity index (χ4n) is 10.5. The Labute approximate surface area is 343 Å². The van der Waals surface area contributed by atoms with Crippen LogP contribution in [0.25, 0.3) is 0 Å². The van der Waals surface area contributed by atoms with Crippen LogP contribution in [0.5, 0.6) is 0 Å². The third-order valence-electron chi connectivity index (χ3n) is 13.8. The van der Waals surface area contributed by atoms with Crippen molar-refractivity contribution >= 4 is 52.5 Å². The Kier molecular flexibility index (Phi) is 10.0. The lowest BCUT2D eigenvalue weighted by atomic mass is 9.76. The smallest absolute Gasteiger partial charge is 0.262 e. The van der Waals surface area contributed by atoms with E-state index < -0.39 is 29.7 Å². The highest BCUT2D eigenvalue weighted by Gasteiger charge is 2.47. The molecule has 58 heavy (non-hydrogen) atoms. The summed E-state index contributed by atoms with van der Waals surface area (Å²) in [6, 6.07) is 19.2. The fraction of sp³-hybridized carbons (Fsp3) is 0.467. The molecule has 4 saturated heterocycles. The number of nitrogens with one attached hydrogen (secondary N) is 1. The second-order valence-corrected chi connectivity index (χ2v) is 17.6. The molecule has 3 aromatic carbocycles. The number of likely N-dealkylation sites (tertiary alicyclic amines) is 1. The number of hydrogen-bond acceptors (Lipinski definition) is 9. The zero-order valence-electron chi connectivity index (χ0n) is 32.8. The third-order valence-corrected chi connectivity index (χ3v) is 14.1. The van der Waals surface area contributed by atoms with Gasteiger partial charge in [0.2, 0.25) is 11.8 Å². The van der Waals surface area contributed by atoms with Crippen molar-refractivity contribution in [1.29, 1.82) is 5.26 Å². The van der Waals surface area contributed by atoms with Crippen molar-refractivity contribution in [3.8, 4) is 6.07 Å². The number of nitrogens with zero attached hydrogens (tertiary/aromatic N) is 6. The Hall–Kier alpha value is -5.25. The topological polar surface area (TPSA) is 137 Å². The summed E-state index contributed by atoms with van der Waals surface area (Å²) >= 11 is 6.42. The van der Waals surface area contributed by atoms with Gasteiger partial charge in [-0.1, -0.05) is 18.5 Å². The van der Waals surface area contributed by atoms with Crippen LogP contribution in [0.3, 0.4) is 0 Å². The molecule has 1 N–H and O–H groups in total. The normalized spacial score (nSPS) is 23.4. The summed E-state index contributed by atoms with van der Waals surface area (Å²) in [4.78, 5) is 74.6. The van der Waals surface area contributed by atoms with Gasteiger partial charge in [0.05, 0.1) is 21.7 Å². The summed E-state index contributed by atoms with van der Waals surface area (Å²) in [6.45, 7) is 8.84. The maximum absolute atomic E-state index is 13.6. The standard InChI is InChI=1S/C45H48ClN7O5/c1-2-33-22-45(27-52(33)35-8-5-30(23-47)38(46)21-35)13-17-50(18-14-45)34-6-3-29(4-7-34)42(56)51-15-11-28(12-16-51)24-49-25-31-19-36-37(20-32(31)26-49)44(58)53(43(36)57)39-9-10-40(54)48-41(39)55/h3-8,19-21,28,33,39H,2,9-18,22,24-27H2,1H3,(H,48,54,55). The van der Waals surface area contributed by atoms with Gasteiger partial charge in [-0.25, -0.2) is 0 Å². The predicted molar refractivity (Wildman–Crippen MR) is 218 cm³/mol. The van der Waals surface area contributed by atoms with E-state index in [9.17, 15) is 29.2 Å². The van der Waals surface area contributed by atoms with Gasteiger partial charge in [0.25, 0.3) is 17.7 Å². The molecule has 13 heteroatoms. The van der Waals surface area contributed by atoms with Crippen LogP contribution in [-0.2, 0) is 22.7 Å². The molecule has 6 aliphatic heterocycles. The molecule has 6 aliphatic rings. The maximum atomic E-state index is 13.6. The van der Waals surface area contributed by atoms with Crippen LogP contribution in [0, 0.1) is 22.7 Å². The number of carbonyl (C=O) groups is 5. The number of hydrogen-bond donors (Lipinski definition) is 1. The quantitative estimate of drug-likeness (QED) is 0.296. The summed E-state index contributed by atoms with van der Waals surface area (Å²) in [5.74, 6) is -1.44. The zero-order chi connectivity index (χ0) is 40.3. The molecule has 2 atom stereocenters. The maximum Gasteiger partial charge on any atom is 0.262 e. The minimum atomic E-state index is -0.968. The van der Waals surface area contributed by atoms with Gasteiger partial charge in [0.15, 0.2) is 0 Å². The summed E-state index contributed by atoms with van der Waals surface area (Å²) in [5.41, 5.74) is 6.43. The molecule has 0 bridgehead atoms.